The van der Waals surface area contributed by atoms with Crippen LogP contribution in [0.2, 0.25) is 0 Å². The molecule has 0 bridgehead atoms. The van der Waals surface area contributed by atoms with Crippen molar-refractivity contribution in [3.05, 3.63) is 71.7 Å². The molecular weight excluding hydrogens is 378 g/mol. The van der Waals surface area contributed by atoms with E-state index in [1.165, 1.54) is 15.8 Å². The Bertz CT molecular complexity index is 1160. The molecule has 0 amide bonds. The Morgan fingerprint density at radius 1 is 0.966 bits per heavy atom. The minimum absolute atomic E-state index is 0.253. The van der Waals surface area contributed by atoms with Crippen LogP contribution in [0.15, 0.2) is 66.2 Å². The first kappa shape index (κ1) is 18.3. The Balaban J connectivity index is 1.21. The lowest BCUT2D eigenvalue weighted by Crippen LogP contribution is -2.47. The Hall–Kier alpha value is -2.76. The van der Waals surface area contributed by atoms with E-state index in [9.17, 15) is 4.79 Å². The molecule has 2 aromatic heterocycles. The van der Waals surface area contributed by atoms with Crippen molar-refractivity contribution in [1.82, 2.24) is 9.88 Å². The molecule has 146 valence electrons. The Labute approximate surface area is 174 Å². The molecule has 4 nitrogen and oxygen atoms in total. The Kier molecular flexibility index (Phi) is 5.00. The molecule has 0 atom stereocenters. The van der Waals surface area contributed by atoms with Crippen molar-refractivity contribution >= 4 is 43.8 Å². The van der Waals surface area contributed by atoms with Crippen LogP contribution in [0.1, 0.15) is 16.8 Å². The summed E-state index contributed by atoms with van der Waals surface area (Å²) in [5.41, 5.74) is 3.16. The molecule has 0 unspecified atom stereocenters. The van der Waals surface area contributed by atoms with E-state index < -0.39 is 0 Å². The predicted molar refractivity (Wildman–Crippen MR) is 121 cm³/mol. The second-order valence-electron chi connectivity index (χ2n) is 7.50. The summed E-state index contributed by atoms with van der Waals surface area (Å²) < 4.78 is 1.19. The molecular formula is C24H23N3OS. The smallest absolute Gasteiger partial charge is 0.165 e. The molecule has 1 aliphatic heterocycles. The fraction of sp³-hybridized carbons (Fsp3) is 0.250. The summed E-state index contributed by atoms with van der Waals surface area (Å²) in [4.78, 5) is 22.2. The molecule has 0 aliphatic carbocycles. The van der Waals surface area contributed by atoms with E-state index >= 15 is 0 Å². The van der Waals surface area contributed by atoms with Crippen molar-refractivity contribution < 1.29 is 4.79 Å². The van der Waals surface area contributed by atoms with Crippen molar-refractivity contribution in [3.8, 4) is 0 Å². The van der Waals surface area contributed by atoms with E-state index in [1.54, 1.807) is 11.3 Å². The second-order valence-corrected chi connectivity index (χ2v) is 8.41. The number of pyridine rings is 1. The van der Waals surface area contributed by atoms with Crippen molar-refractivity contribution in [2.75, 3.05) is 37.6 Å². The highest BCUT2D eigenvalue weighted by atomic mass is 32.1. The highest BCUT2D eigenvalue weighted by Gasteiger charge is 2.20. The van der Waals surface area contributed by atoms with Gasteiger partial charge in [0.25, 0.3) is 0 Å². The zero-order chi connectivity index (χ0) is 19.6. The van der Waals surface area contributed by atoms with Crippen LogP contribution in [-0.4, -0.2) is 48.4 Å². The minimum atomic E-state index is 0.253. The molecule has 1 aliphatic rings. The first-order valence-electron chi connectivity index (χ1n) is 10.1. The molecule has 5 rings (SSSR count). The minimum Gasteiger partial charge on any atom is -0.367 e. The van der Waals surface area contributed by atoms with Gasteiger partial charge >= 0.3 is 0 Å². The number of rotatable bonds is 5. The number of ketones is 1. The molecule has 1 fully saturated rings. The number of anilines is 1. The topological polar surface area (TPSA) is 36.4 Å². The molecule has 2 aromatic carbocycles. The quantitative estimate of drug-likeness (QED) is 0.448. The molecule has 0 radical (unpaired) electrons. The molecule has 29 heavy (non-hydrogen) atoms. The van der Waals surface area contributed by atoms with Gasteiger partial charge in [-0.25, -0.2) is 0 Å². The number of fused-ring (bicyclic) bond motifs is 2. The van der Waals surface area contributed by atoms with Crippen LogP contribution < -0.4 is 4.90 Å². The van der Waals surface area contributed by atoms with Gasteiger partial charge in [0.15, 0.2) is 5.78 Å². The zero-order valence-electron chi connectivity index (χ0n) is 16.3. The number of piperazine rings is 1. The highest BCUT2D eigenvalue weighted by Crippen LogP contribution is 2.27. The van der Waals surface area contributed by atoms with Gasteiger partial charge in [-0.2, -0.15) is 0 Å². The molecule has 4 aromatic rings. The van der Waals surface area contributed by atoms with Gasteiger partial charge in [-0.1, -0.05) is 36.4 Å². The molecule has 0 saturated carbocycles. The van der Waals surface area contributed by atoms with Crippen LogP contribution in [0.3, 0.4) is 0 Å². The standard InChI is InChI=1S/C24H23N3OS/c28-22(20-17-29-23-9-2-1-7-19(20)23)10-12-26-13-15-27(16-14-26)21-8-3-5-18-6-4-11-25-24(18)21/h1-9,11,17H,10,12-16H2. The SMILES string of the molecule is O=C(CCN1CCN(c2cccc3cccnc23)CC1)c1csc2ccccc12. The van der Waals surface area contributed by atoms with Crippen molar-refractivity contribution in [2.45, 2.75) is 6.42 Å². The third kappa shape index (κ3) is 3.63. The number of aromatic nitrogens is 1. The van der Waals surface area contributed by atoms with E-state index in [4.69, 9.17) is 0 Å². The number of thiophene rings is 1. The Morgan fingerprint density at radius 3 is 2.69 bits per heavy atom. The van der Waals surface area contributed by atoms with Gasteiger partial charge in [0.2, 0.25) is 0 Å². The largest absolute Gasteiger partial charge is 0.367 e. The van der Waals surface area contributed by atoms with Crippen molar-refractivity contribution in [3.63, 3.8) is 0 Å². The zero-order valence-corrected chi connectivity index (χ0v) is 17.1. The number of para-hydroxylation sites is 1. The first-order valence-corrected chi connectivity index (χ1v) is 11.0. The summed E-state index contributed by atoms with van der Waals surface area (Å²) >= 11 is 1.66. The number of hydrogen-bond donors (Lipinski definition) is 0. The molecule has 1 saturated heterocycles. The molecule has 0 N–H and O–H groups in total. The number of carbonyl (C=O) groups is 1. The number of benzene rings is 2. The second kappa shape index (κ2) is 7.93. The number of carbonyl (C=O) groups excluding carboxylic acids is 1. The average molecular weight is 402 g/mol. The van der Waals surface area contributed by atoms with E-state index in [2.05, 4.69) is 51.2 Å². The molecule has 0 spiro atoms. The lowest BCUT2D eigenvalue weighted by molar-refractivity contribution is 0.0964. The van der Waals surface area contributed by atoms with E-state index in [0.717, 1.165) is 49.2 Å². The van der Waals surface area contributed by atoms with Crippen LogP contribution in [0.25, 0.3) is 21.0 Å². The lowest BCUT2D eigenvalue weighted by atomic mass is 10.1. The van der Waals surface area contributed by atoms with Crippen molar-refractivity contribution in [2.24, 2.45) is 0 Å². The number of hydrogen-bond acceptors (Lipinski definition) is 5. The summed E-state index contributed by atoms with van der Waals surface area (Å²) in [6.07, 6.45) is 2.44. The monoisotopic (exact) mass is 401 g/mol. The van der Waals surface area contributed by atoms with Gasteiger partial charge in [0.05, 0.1) is 11.2 Å². The third-order valence-electron chi connectivity index (χ3n) is 5.76. The van der Waals surface area contributed by atoms with Crippen LogP contribution in [0.5, 0.6) is 0 Å². The molecule has 3 heterocycles. The maximum absolute atomic E-state index is 12.8. The molecule has 5 heteroatoms. The summed E-state index contributed by atoms with van der Waals surface area (Å²) in [5.74, 6) is 0.253. The lowest BCUT2D eigenvalue weighted by Gasteiger charge is -2.36. The first-order chi connectivity index (χ1) is 14.3. The van der Waals surface area contributed by atoms with Gasteiger partial charge in [0.1, 0.15) is 0 Å². The summed E-state index contributed by atoms with van der Waals surface area (Å²) in [5, 5.41) is 4.29. The van der Waals surface area contributed by atoms with Crippen LogP contribution in [0, 0.1) is 0 Å². The maximum Gasteiger partial charge on any atom is 0.165 e. The van der Waals surface area contributed by atoms with E-state index in [0.29, 0.717) is 6.42 Å². The summed E-state index contributed by atoms with van der Waals surface area (Å²) in [6, 6.07) is 18.6. The average Bonchev–Trinajstić information content (AvgIpc) is 3.22. The van der Waals surface area contributed by atoms with E-state index in [1.807, 2.05) is 29.8 Å². The third-order valence-corrected chi connectivity index (χ3v) is 6.72. The maximum atomic E-state index is 12.8. The number of Topliss-reactive ketones (excluding diaryl/α,β-unsaturated/α-hetero) is 1. The number of nitrogens with zero attached hydrogens (tertiary/aromatic N) is 3. The van der Waals surface area contributed by atoms with Crippen LogP contribution in [-0.2, 0) is 0 Å². The van der Waals surface area contributed by atoms with Gasteiger partial charge in [-0.3, -0.25) is 14.7 Å². The van der Waals surface area contributed by atoms with Gasteiger partial charge in [-0.15, -0.1) is 11.3 Å². The fourth-order valence-corrected chi connectivity index (χ4v) is 5.11. The van der Waals surface area contributed by atoms with Gasteiger partial charge < -0.3 is 4.90 Å². The fourth-order valence-electron chi connectivity index (χ4n) is 4.14. The van der Waals surface area contributed by atoms with Crippen molar-refractivity contribution in [1.29, 1.82) is 0 Å². The Morgan fingerprint density at radius 2 is 1.79 bits per heavy atom. The normalized spacial score (nSPS) is 15.2. The van der Waals surface area contributed by atoms with Gasteiger partial charge in [-0.05, 0) is 18.2 Å². The summed E-state index contributed by atoms with van der Waals surface area (Å²) in [7, 11) is 0. The van der Waals surface area contributed by atoms with Crippen LogP contribution >= 0.6 is 11.3 Å². The van der Waals surface area contributed by atoms with Crippen LogP contribution in [0.4, 0.5) is 5.69 Å². The predicted octanol–water partition coefficient (Wildman–Crippen LogP) is 4.84. The van der Waals surface area contributed by atoms with E-state index in [-0.39, 0.29) is 5.78 Å². The van der Waals surface area contributed by atoms with Gasteiger partial charge in [0, 0.05) is 71.8 Å². The highest BCUT2D eigenvalue weighted by molar-refractivity contribution is 7.17. The summed E-state index contributed by atoms with van der Waals surface area (Å²) in [6.45, 7) is 4.70.